The van der Waals surface area contributed by atoms with Crippen LogP contribution in [0.25, 0.3) is 0 Å². The number of H-pyrrole nitrogens is 1. The van der Waals surface area contributed by atoms with Gasteiger partial charge in [0.1, 0.15) is 0 Å². The Bertz CT molecular complexity index is 563. The monoisotopic (exact) mass is 268 g/mol. The zero-order chi connectivity index (χ0) is 14.1. The normalized spacial score (nSPS) is 11.1. The maximum absolute atomic E-state index is 11.9. The lowest BCUT2D eigenvalue weighted by Gasteiger charge is -2.08. The predicted molar refractivity (Wildman–Crippen MR) is 47.4 cm³/mol. The first kappa shape index (κ1) is 13.5. The van der Waals surface area contributed by atoms with Crippen molar-refractivity contribution in [2.75, 3.05) is 0 Å². The summed E-state index contributed by atoms with van der Waals surface area (Å²) in [4.78, 5) is 32.5. The molecule has 0 fully saturated rings. The molecular weight excluding hydrogens is 265 g/mol. The van der Waals surface area contributed by atoms with Gasteiger partial charge in [0.25, 0.3) is 0 Å². The molecule has 1 rings (SSSR count). The van der Waals surface area contributed by atoms with Crippen LogP contribution in [0.4, 0.5) is 18.9 Å². The third kappa shape index (κ3) is 2.75. The van der Waals surface area contributed by atoms with Crippen LogP contribution in [-0.2, 0) is 0 Å². The standard InChI is InChI=1S/C7H3F3N2O6/c8-7(9,10)18-2-1-11-3(6(14)15)4(5(2)13)12(16)17/h1H,(H,11,13)(H,14,15). The number of nitrogens with zero attached hydrogens (tertiary/aromatic N) is 1. The third-order valence-corrected chi connectivity index (χ3v) is 1.65. The molecule has 98 valence electrons. The minimum atomic E-state index is -5.23. The molecule has 0 aliphatic heterocycles. The van der Waals surface area contributed by atoms with E-state index in [2.05, 4.69) is 4.74 Å². The fraction of sp³-hybridized carbons (Fsp3) is 0.143. The molecule has 1 aromatic heterocycles. The second-order valence-electron chi connectivity index (χ2n) is 2.82. The molecule has 18 heavy (non-hydrogen) atoms. The van der Waals surface area contributed by atoms with Crippen LogP contribution in [0.2, 0.25) is 0 Å². The maximum Gasteiger partial charge on any atom is 0.573 e. The number of aromatic amines is 1. The Morgan fingerprint density at radius 2 is 2.06 bits per heavy atom. The Labute approximate surface area is 94.8 Å². The van der Waals surface area contributed by atoms with Crippen molar-refractivity contribution in [1.29, 1.82) is 0 Å². The van der Waals surface area contributed by atoms with Gasteiger partial charge in [0.15, 0.2) is 5.75 Å². The number of nitrogens with one attached hydrogen (secondary N) is 1. The van der Waals surface area contributed by atoms with Crippen LogP contribution in [0, 0.1) is 10.1 Å². The quantitative estimate of drug-likeness (QED) is 0.619. The highest BCUT2D eigenvalue weighted by molar-refractivity contribution is 5.90. The number of aromatic nitrogens is 1. The van der Waals surface area contributed by atoms with E-state index in [1.54, 1.807) is 4.98 Å². The lowest BCUT2D eigenvalue weighted by molar-refractivity contribution is -0.386. The largest absolute Gasteiger partial charge is 0.573 e. The number of rotatable bonds is 3. The first-order valence-electron chi connectivity index (χ1n) is 4.02. The summed E-state index contributed by atoms with van der Waals surface area (Å²) in [5, 5.41) is 19.0. The first-order valence-corrected chi connectivity index (χ1v) is 4.02. The average molecular weight is 268 g/mol. The van der Waals surface area contributed by atoms with Crippen molar-refractivity contribution in [2.45, 2.75) is 6.36 Å². The fourth-order valence-corrected chi connectivity index (χ4v) is 1.04. The second-order valence-corrected chi connectivity index (χ2v) is 2.82. The summed E-state index contributed by atoms with van der Waals surface area (Å²) in [6.07, 6.45) is -4.95. The van der Waals surface area contributed by atoms with E-state index in [1.165, 1.54) is 0 Å². The summed E-state index contributed by atoms with van der Waals surface area (Å²) in [5.74, 6) is -3.28. The Hall–Kier alpha value is -2.59. The maximum atomic E-state index is 11.9. The molecule has 0 saturated carbocycles. The zero-order valence-electron chi connectivity index (χ0n) is 8.15. The van der Waals surface area contributed by atoms with Crippen molar-refractivity contribution in [1.82, 2.24) is 4.98 Å². The van der Waals surface area contributed by atoms with Crippen LogP contribution >= 0.6 is 0 Å². The van der Waals surface area contributed by atoms with Gasteiger partial charge in [-0.3, -0.25) is 14.9 Å². The minimum Gasteiger partial charge on any atom is -0.476 e. The van der Waals surface area contributed by atoms with Crippen molar-refractivity contribution < 1.29 is 32.7 Å². The van der Waals surface area contributed by atoms with Crippen molar-refractivity contribution >= 4 is 11.7 Å². The molecule has 0 spiro atoms. The Morgan fingerprint density at radius 1 is 1.50 bits per heavy atom. The van der Waals surface area contributed by atoms with E-state index < -0.39 is 39.8 Å². The van der Waals surface area contributed by atoms with E-state index in [0.29, 0.717) is 0 Å². The lowest BCUT2D eigenvalue weighted by atomic mass is 10.3. The number of carboxylic acid groups (broad SMARTS) is 1. The van der Waals surface area contributed by atoms with Gasteiger partial charge in [-0.15, -0.1) is 13.2 Å². The summed E-state index contributed by atoms with van der Waals surface area (Å²) in [5.41, 5.74) is -4.46. The molecule has 0 atom stereocenters. The fourth-order valence-electron chi connectivity index (χ4n) is 1.04. The predicted octanol–water partition coefficient (Wildman–Crippen LogP) is 0.880. The van der Waals surface area contributed by atoms with Gasteiger partial charge in [0.05, 0.1) is 4.92 Å². The molecule has 0 saturated heterocycles. The minimum absolute atomic E-state index is 0.284. The van der Waals surface area contributed by atoms with Crippen LogP contribution in [0.15, 0.2) is 11.0 Å². The van der Waals surface area contributed by atoms with Crippen molar-refractivity contribution in [3.63, 3.8) is 0 Å². The van der Waals surface area contributed by atoms with Crippen LogP contribution in [0.5, 0.6) is 5.75 Å². The van der Waals surface area contributed by atoms with Crippen molar-refractivity contribution in [3.8, 4) is 5.75 Å². The number of carboxylic acids is 1. The molecule has 8 nitrogen and oxygen atoms in total. The van der Waals surface area contributed by atoms with Gasteiger partial charge in [-0.05, 0) is 0 Å². The molecule has 0 bridgehead atoms. The smallest absolute Gasteiger partial charge is 0.476 e. The van der Waals surface area contributed by atoms with Gasteiger partial charge in [-0.2, -0.15) is 0 Å². The van der Waals surface area contributed by atoms with Crippen molar-refractivity contribution in [2.24, 2.45) is 0 Å². The average Bonchev–Trinajstić information content (AvgIpc) is 2.17. The molecule has 0 unspecified atom stereocenters. The van der Waals surface area contributed by atoms with Crippen LogP contribution in [0.3, 0.4) is 0 Å². The summed E-state index contributed by atoms with van der Waals surface area (Å²) < 4.78 is 38.8. The van der Waals surface area contributed by atoms with Crippen molar-refractivity contribution in [3.05, 3.63) is 32.2 Å². The van der Waals surface area contributed by atoms with Gasteiger partial charge >= 0.3 is 23.4 Å². The Kier molecular flexibility index (Phi) is 3.26. The summed E-state index contributed by atoms with van der Waals surface area (Å²) in [6.45, 7) is 0. The SMILES string of the molecule is O=C(O)c1[nH]cc(OC(F)(F)F)c(=O)c1[N+](=O)[O-]. The Morgan fingerprint density at radius 3 is 2.44 bits per heavy atom. The molecule has 0 amide bonds. The highest BCUT2D eigenvalue weighted by atomic mass is 19.4. The number of carbonyl (C=O) groups is 1. The highest BCUT2D eigenvalue weighted by Gasteiger charge is 2.35. The number of hydrogen-bond donors (Lipinski definition) is 2. The molecule has 0 aliphatic rings. The van der Waals surface area contributed by atoms with Crippen LogP contribution in [0.1, 0.15) is 10.5 Å². The van der Waals surface area contributed by atoms with E-state index >= 15 is 0 Å². The highest BCUT2D eigenvalue weighted by Crippen LogP contribution is 2.22. The number of aromatic carboxylic acids is 1. The van der Waals surface area contributed by atoms with Gasteiger partial charge in [-0.1, -0.05) is 0 Å². The zero-order valence-corrected chi connectivity index (χ0v) is 8.15. The molecule has 0 aromatic carbocycles. The van der Waals surface area contributed by atoms with E-state index in [-0.39, 0.29) is 6.20 Å². The molecule has 1 aromatic rings. The number of halogens is 3. The molecule has 1 heterocycles. The molecule has 0 aliphatic carbocycles. The van der Waals surface area contributed by atoms with Crippen LogP contribution in [-0.4, -0.2) is 27.3 Å². The second kappa shape index (κ2) is 4.35. The van der Waals surface area contributed by atoms with Crippen LogP contribution < -0.4 is 10.2 Å². The summed E-state index contributed by atoms with van der Waals surface area (Å²) in [6, 6.07) is 0. The van der Waals surface area contributed by atoms with E-state index in [4.69, 9.17) is 5.11 Å². The topological polar surface area (TPSA) is 123 Å². The van der Waals surface area contributed by atoms with Gasteiger partial charge in [0, 0.05) is 6.20 Å². The first-order chi connectivity index (χ1) is 8.13. The number of ether oxygens (including phenoxy) is 1. The van der Waals surface area contributed by atoms with E-state index in [9.17, 15) is 32.9 Å². The summed E-state index contributed by atoms with van der Waals surface area (Å²) in [7, 11) is 0. The Balaban J connectivity index is 3.45. The van der Waals surface area contributed by atoms with Gasteiger partial charge in [-0.25, -0.2) is 4.79 Å². The van der Waals surface area contributed by atoms with Gasteiger partial charge in [0.2, 0.25) is 5.69 Å². The third-order valence-electron chi connectivity index (χ3n) is 1.65. The number of hydrogen-bond acceptors (Lipinski definition) is 5. The van der Waals surface area contributed by atoms with Gasteiger partial charge < -0.3 is 14.8 Å². The van der Waals surface area contributed by atoms with E-state index in [1.807, 2.05) is 0 Å². The molecule has 2 N–H and O–H groups in total. The number of pyridine rings is 1. The lowest BCUT2D eigenvalue weighted by Crippen LogP contribution is -2.24. The molecule has 0 radical (unpaired) electrons. The molecule has 11 heteroatoms. The molecular formula is C7H3F3N2O6. The number of nitro groups is 1. The number of alkyl halides is 3. The summed E-state index contributed by atoms with van der Waals surface area (Å²) >= 11 is 0. The van der Waals surface area contributed by atoms with E-state index in [0.717, 1.165) is 0 Å².